The average Bonchev–Trinajstić information content (AvgIpc) is 3.71. The molecule has 0 saturated carbocycles. The van der Waals surface area contributed by atoms with E-state index in [0.717, 1.165) is 11.1 Å². The molecule has 0 radical (unpaired) electrons. The van der Waals surface area contributed by atoms with Crippen LogP contribution in [0.2, 0.25) is 5.15 Å². The van der Waals surface area contributed by atoms with E-state index in [1.54, 1.807) is 35.4 Å². The van der Waals surface area contributed by atoms with Gasteiger partial charge in [0.1, 0.15) is 29.9 Å². The Labute approximate surface area is 240 Å². The Morgan fingerprint density at radius 3 is 2.71 bits per heavy atom. The molecule has 4 heterocycles. The number of carbonyl (C=O) groups is 2. The maximum absolute atomic E-state index is 13.6. The third-order valence-corrected chi connectivity index (χ3v) is 6.95. The SMILES string of the molecule is O=C(NCc1ccc2c(c1)OCO2)C1CN(c2cc(Cl)nc(-n3ccnc3)n2)CCN1C(=O)OCc1ccccc1. The van der Waals surface area contributed by atoms with Crippen LogP contribution in [0.15, 0.2) is 73.3 Å². The van der Waals surface area contributed by atoms with Gasteiger partial charge in [-0.25, -0.2) is 14.8 Å². The van der Waals surface area contributed by atoms with Crippen LogP contribution in [0.1, 0.15) is 11.1 Å². The molecule has 1 N–H and O–H groups in total. The number of imidazole rings is 1. The van der Waals surface area contributed by atoms with Crippen LogP contribution >= 0.6 is 11.6 Å². The highest BCUT2D eigenvalue weighted by molar-refractivity contribution is 6.29. The van der Waals surface area contributed by atoms with Crippen molar-refractivity contribution in [3.05, 3.63) is 89.6 Å². The lowest BCUT2D eigenvalue weighted by Gasteiger charge is -2.40. The molecule has 1 saturated heterocycles. The molecule has 4 aromatic rings. The van der Waals surface area contributed by atoms with Gasteiger partial charge < -0.3 is 24.4 Å². The average molecular weight is 576 g/mol. The van der Waals surface area contributed by atoms with E-state index in [0.29, 0.717) is 29.8 Å². The number of fused-ring (bicyclic) bond motifs is 1. The van der Waals surface area contributed by atoms with Crippen LogP contribution in [0, 0.1) is 0 Å². The van der Waals surface area contributed by atoms with Gasteiger partial charge in [0.05, 0.1) is 0 Å². The smallest absolute Gasteiger partial charge is 0.410 e. The summed E-state index contributed by atoms with van der Waals surface area (Å²) < 4.78 is 18.0. The van der Waals surface area contributed by atoms with Crippen LogP contribution in [0.25, 0.3) is 5.95 Å². The number of aromatic nitrogens is 4. The van der Waals surface area contributed by atoms with Gasteiger partial charge in [-0.2, -0.15) is 4.98 Å². The molecule has 2 aliphatic heterocycles. The standard InChI is InChI=1S/C28H26ClN7O5/c29-24-13-25(33-27(32-24)35-9-8-30-17-35)34-10-11-36(28(38)39-16-19-4-2-1-3-5-19)21(15-34)26(37)31-14-20-6-7-22-23(12-20)41-18-40-22/h1-9,12-13,17,21H,10-11,14-16,18H2,(H,31,37). The molecule has 210 valence electrons. The van der Waals surface area contributed by atoms with Crippen LogP contribution in [0.5, 0.6) is 11.5 Å². The first-order valence-electron chi connectivity index (χ1n) is 12.9. The molecule has 2 amide bonds. The molecule has 2 aromatic heterocycles. The van der Waals surface area contributed by atoms with Gasteiger partial charge in [-0.3, -0.25) is 14.3 Å². The predicted octanol–water partition coefficient (Wildman–Crippen LogP) is 3.19. The van der Waals surface area contributed by atoms with E-state index in [4.69, 9.17) is 25.8 Å². The fourth-order valence-corrected chi connectivity index (χ4v) is 4.82. The monoisotopic (exact) mass is 575 g/mol. The summed E-state index contributed by atoms with van der Waals surface area (Å²) in [5.74, 6) is 1.83. The van der Waals surface area contributed by atoms with Crippen LogP contribution in [0.3, 0.4) is 0 Å². The number of carbonyl (C=O) groups excluding carboxylic acids is 2. The maximum Gasteiger partial charge on any atom is 0.410 e. The number of anilines is 1. The Hall–Kier alpha value is -4.84. The fraction of sp³-hybridized carbons (Fsp3) is 0.250. The van der Waals surface area contributed by atoms with Crippen molar-refractivity contribution in [2.75, 3.05) is 31.3 Å². The van der Waals surface area contributed by atoms with Crippen molar-refractivity contribution in [3.8, 4) is 17.4 Å². The van der Waals surface area contributed by atoms with E-state index < -0.39 is 12.1 Å². The molecule has 13 heteroatoms. The zero-order chi connectivity index (χ0) is 28.2. The molecule has 2 aromatic carbocycles. The predicted molar refractivity (Wildman–Crippen MR) is 148 cm³/mol. The lowest BCUT2D eigenvalue weighted by molar-refractivity contribution is -0.126. The van der Waals surface area contributed by atoms with E-state index in [1.165, 1.54) is 4.90 Å². The molecule has 0 aliphatic carbocycles. The van der Waals surface area contributed by atoms with Gasteiger partial charge in [0, 0.05) is 44.6 Å². The second-order valence-corrected chi connectivity index (χ2v) is 9.81. The van der Waals surface area contributed by atoms with E-state index >= 15 is 0 Å². The molecule has 12 nitrogen and oxygen atoms in total. The molecule has 1 unspecified atom stereocenters. The van der Waals surface area contributed by atoms with Crippen molar-refractivity contribution in [2.24, 2.45) is 0 Å². The molecular formula is C28H26ClN7O5. The summed E-state index contributed by atoms with van der Waals surface area (Å²) in [6, 6.07) is 15.6. The van der Waals surface area contributed by atoms with Gasteiger partial charge in [-0.15, -0.1) is 0 Å². The number of piperazine rings is 1. The number of nitrogens with one attached hydrogen (secondary N) is 1. The van der Waals surface area contributed by atoms with Gasteiger partial charge in [-0.1, -0.05) is 48.0 Å². The van der Waals surface area contributed by atoms with E-state index in [9.17, 15) is 9.59 Å². The summed E-state index contributed by atoms with van der Waals surface area (Å²) in [6.07, 6.45) is 4.33. The Morgan fingerprint density at radius 2 is 1.88 bits per heavy atom. The number of benzene rings is 2. The van der Waals surface area contributed by atoms with E-state index in [2.05, 4.69) is 20.3 Å². The Balaban J connectivity index is 1.20. The van der Waals surface area contributed by atoms with Gasteiger partial charge in [0.2, 0.25) is 18.6 Å². The van der Waals surface area contributed by atoms with Crippen LogP contribution in [-0.2, 0) is 22.7 Å². The zero-order valence-electron chi connectivity index (χ0n) is 21.9. The largest absolute Gasteiger partial charge is 0.454 e. The van der Waals surface area contributed by atoms with E-state index in [1.807, 2.05) is 47.4 Å². The van der Waals surface area contributed by atoms with Crippen molar-refractivity contribution in [1.82, 2.24) is 29.7 Å². The van der Waals surface area contributed by atoms with Crippen molar-refractivity contribution >= 4 is 29.4 Å². The minimum atomic E-state index is -0.855. The second-order valence-electron chi connectivity index (χ2n) is 9.42. The maximum atomic E-state index is 13.6. The van der Waals surface area contributed by atoms with Gasteiger partial charge >= 0.3 is 6.09 Å². The van der Waals surface area contributed by atoms with Crippen LogP contribution in [0.4, 0.5) is 10.6 Å². The number of rotatable bonds is 7. The third-order valence-electron chi connectivity index (χ3n) is 6.76. The minimum absolute atomic E-state index is 0.0984. The normalized spacial score (nSPS) is 16.0. The van der Waals surface area contributed by atoms with Crippen molar-refractivity contribution < 1.29 is 23.8 Å². The fourth-order valence-electron chi connectivity index (χ4n) is 4.64. The highest BCUT2D eigenvalue weighted by atomic mass is 35.5. The summed E-state index contributed by atoms with van der Waals surface area (Å²) in [4.78, 5) is 43.1. The molecule has 6 rings (SSSR count). The molecule has 0 bridgehead atoms. The molecule has 1 fully saturated rings. The summed E-state index contributed by atoms with van der Waals surface area (Å²) in [7, 11) is 0. The zero-order valence-corrected chi connectivity index (χ0v) is 22.6. The summed E-state index contributed by atoms with van der Waals surface area (Å²) in [6.45, 7) is 1.31. The van der Waals surface area contributed by atoms with E-state index in [-0.39, 0.29) is 44.1 Å². The Kier molecular flexibility index (Phi) is 7.54. The summed E-state index contributed by atoms with van der Waals surface area (Å²) in [5, 5.41) is 3.20. The van der Waals surface area contributed by atoms with Crippen molar-refractivity contribution in [3.63, 3.8) is 0 Å². The summed E-state index contributed by atoms with van der Waals surface area (Å²) in [5.41, 5.74) is 1.69. The number of hydrogen-bond acceptors (Lipinski definition) is 9. The van der Waals surface area contributed by atoms with Crippen LogP contribution < -0.4 is 19.7 Å². The number of amides is 2. The Bertz CT molecular complexity index is 1540. The van der Waals surface area contributed by atoms with Crippen molar-refractivity contribution in [1.29, 1.82) is 0 Å². The Morgan fingerprint density at radius 1 is 1.02 bits per heavy atom. The third kappa shape index (κ3) is 6.02. The number of nitrogens with zero attached hydrogens (tertiary/aromatic N) is 6. The number of ether oxygens (including phenoxy) is 3. The number of hydrogen-bond donors (Lipinski definition) is 1. The molecule has 2 aliphatic rings. The highest BCUT2D eigenvalue weighted by Crippen LogP contribution is 2.32. The molecule has 1 atom stereocenters. The van der Waals surface area contributed by atoms with Gasteiger partial charge in [0.15, 0.2) is 11.5 Å². The first-order chi connectivity index (χ1) is 20.0. The minimum Gasteiger partial charge on any atom is -0.454 e. The van der Waals surface area contributed by atoms with Gasteiger partial charge in [0.25, 0.3) is 0 Å². The summed E-state index contributed by atoms with van der Waals surface area (Å²) >= 11 is 6.33. The first kappa shape index (κ1) is 26.4. The lowest BCUT2D eigenvalue weighted by Crippen LogP contribution is -2.61. The van der Waals surface area contributed by atoms with Crippen molar-refractivity contribution in [2.45, 2.75) is 19.2 Å². The quantitative estimate of drug-likeness (QED) is 0.331. The first-order valence-corrected chi connectivity index (χ1v) is 13.3. The van der Waals surface area contributed by atoms with Gasteiger partial charge in [-0.05, 0) is 23.3 Å². The van der Waals surface area contributed by atoms with Crippen LogP contribution in [-0.4, -0.2) is 68.9 Å². The topological polar surface area (TPSA) is 124 Å². The second kappa shape index (κ2) is 11.7. The molecular weight excluding hydrogens is 550 g/mol. The highest BCUT2D eigenvalue weighted by Gasteiger charge is 2.37. The number of halogens is 1. The molecule has 41 heavy (non-hydrogen) atoms. The lowest BCUT2D eigenvalue weighted by atomic mass is 10.1. The molecule has 0 spiro atoms.